The van der Waals surface area contributed by atoms with Crippen LogP contribution in [0.25, 0.3) is 0 Å². The van der Waals surface area contributed by atoms with E-state index in [-0.39, 0.29) is 12.8 Å². The van der Waals surface area contributed by atoms with Crippen molar-refractivity contribution in [3.63, 3.8) is 0 Å². The van der Waals surface area contributed by atoms with Crippen LogP contribution in [0.5, 0.6) is 0 Å². The van der Waals surface area contributed by atoms with Gasteiger partial charge in [-0.2, -0.15) is 0 Å². The first-order valence-electron chi connectivity index (χ1n) is 3.92. The van der Waals surface area contributed by atoms with E-state index < -0.39 is 12.1 Å². The summed E-state index contributed by atoms with van der Waals surface area (Å²) in [5, 5.41) is 21.3. The molecule has 0 spiro atoms. The summed E-state index contributed by atoms with van der Waals surface area (Å²) in [5.74, 6) is -0.397. The molecule has 13 heavy (non-hydrogen) atoms. The van der Waals surface area contributed by atoms with Crippen LogP contribution in [0.1, 0.15) is 30.3 Å². The van der Waals surface area contributed by atoms with Crippen molar-refractivity contribution >= 4 is 5.97 Å². The van der Waals surface area contributed by atoms with Gasteiger partial charge in [-0.25, -0.2) is 0 Å². The predicted octanol–water partition coefficient (Wildman–Crippen LogP) is 0.881. The summed E-state index contributed by atoms with van der Waals surface area (Å²) < 4.78 is 4.74. The fourth-order valence-electron chi connectivity index (χ4n) is 1.04. The molecule has 1 rings (SSSR count). The molecular formula is C8H11NO4. The molecule has 5 heteroatoms. The highest BCUT2D eigenvalue weighted by Gasteiger charge is 2.14. The Kier molecular flexibility index (Phi) is 3.02. The molecule has 0 aliphatic heterocycles. The second kappa shape index (κ2) is 4.04. The van der Waals surface area contributed by atoms with E-state index in [1.807, 2.05) is 0 Å². The topological polar surface area (TPSA) is 83.6 Å². The number of hydrogen-bond donors (Lipinski definition) is 2. The van der Waals surface area contributed by atoms with Crippen molar-refractivity contribution in [3.8, 4) is 0 Å². The van der Waals surface area contributed by atoms with Gasteiger partial charge in [0.25, 0.3) is 0 Å². The highest BCUT2D eigenvalue weighted by atomic mass is 16.5. The van der Waals surface area contributed by atoms with E-state index in [2.05, 4.69) is 5.16 Å². The third-order valence-corrected chi connectivity index (χ3v) is 1.78. The number of nitrogens with zero attached hydrogens (tertiary/aromatic N) is 1. The van der Waals surface area contributed by atoms with E-state index in [9.17, 15) is 9.90 Å². The fourth-order valence-corrected chi connectivity index (χ4v) is 1.04. The van der Waals surface area contributed by atoms with Crippen molar-refractivity contribution in [3.05, 3.63) is 17.5 Å². The van der Waals surface area contributed by atoms with Crippen LogP contribution in [0.2, 0.25) is 0 Å². The van der Waals surface area contributed by atoms with Crippen LogP contribution >= 0.6 is 0 Å². The van der Waals surface area contributed by atoms with Gasteiger partial charge < -0.3 is 14.7 Å². The molecule has 0 saturated heterocycles. The van der Waals surface area contributed by atoms with Gasteiger partial charge in [0.05, 0.1) is 12.3 Å². The highest BCUT2D eigenvalue weighted by molar-refractivity contribution is 5.66. The molecule has 0 aromatic carbocycles. The molecule has 1 heterocycles. The first-order chi connectivity index (χ1) is 6.11. The summed E-state index contributed by atoms with van der Waals surface area (Å²) in [6.45, 7) is 1.67. The van der Waals surface area contributed by atoms with Crippen LogP contribution < -0.4 is 0 Å². The Morgan fingerprint density at radius 3 is 2.92 bits per heavy atom. The van der Waals surface area contributed by atoms with E-state index in [1.165, 1.54) is 6.20 Å². The number of hydrogen-bond acceptors (Lipinski definition) is 4. The minimum Gasteiger partial charge on any atom is -0.481 e. The van der Waals surface area contributed by atoms with Gasteiger partial charge in [0, 0.05) is 12.0 Å². The molecule has 0 radical (unpaired) electrons. The zero-order valence-electron chi connectivity index (χ0n) is 7.23. The zero-order chi connectivity index (χ0) is 9.84. The maximum absolute atomic E-state index is 10.2. The number of aliphatic carboxylic acids is 1. The molecule has 0 saturated carbocycles. The second-order valence-corrected chi connectivity index (χ2v) is 2.79. The maximum atomic E-state index is 10.2. The fraction of sp³-hybridized carbons (Fsp3) is 0.500. The van der Waals surface area contributed by atoms with E-state index in [0.717, 1.165) is 0 Å². The molecule has 1 atom stereocenters. The van der Waals surface area contributed by atoms with Crippen LogP contribution in [0.4, 0.5) is 0 Å². The number of aryl methyl sites for hydroxylation is 1. The summed E-state index contributed by atoms with van der Waals surface area (Å²) in [4.78, 5) is 10.2. The quantitative estimate of drug-likeness (QED) is 0.727. The monoisotopic (exact) mass is 185 g/mol. The number of rotatable bonds is 4. The second-order valence-electron chi connectivity index (χ2n) is 2.79. The third kappa shape index (κ3) is 2.55. The predicted molar refractivity (Wildman–Crippen MR) is 43.1 cm³/mol. The molecular weight excluding hydrogens is 174 g/mol. The van der Waals surface area contributed by atoms with Gasteiger partial charge in [0.1, 0.15) is 5.76 Å². The Labute approximate surface area is 75.0 Å². The Hall–Kier alpha value is -1.36. The minimum atomic E-state index is -0.923. The van der Waals surface area contributed by atoms with Gasteiger partial charge in [-0.1, -0.05) is 5.16 Å². The largest absolute Gasteiger partial charge is 0.481 e. The van der Waals surface area contributed by atoms with Gasteiger partial charge in [-0.05, 0) is 13.3 Å². The summed E-state index contributed by atoms with van der Waals surface area (Å²) in [6, 6.07) is 0. The Morgan fingerprint density at radius 2 is 2.46 bits per heavy atom. The van der Waals surface area contributed by atoms with Crippen molar-refractivity contribution in [2.75, 3.05) is 0 Å². The smallest absolute Gasteiger partial charge is 0.303 e. The van der Waals surface area contributed by atoms with Crippen molar-refractivity contribution in [1.29, 1.82) is 0 Å². The molecule has 5 nitrogen and oxygen atoms in total. The molecule has 0 bridgehead atoms. The number of aliphatic hydroxyl groups is 1. The van der Waals surface area contributed by atoms with Gasteiger partial charge in [0.15, 0.2) is 0 Å². The van der Waals surface area contributed by atoms with Crippen molar-refractivity contribution in [2.45, 2.75) is 25.9 Å². The van der Waals surface area contributed by atoms with Crippen LogP contribution in [0.15, 0.2) is 10.7 Å². The van der Waals surface area contributed by atoms with Crippen LogP contribution in [-0.4, -0.2) is 21.3 Å². The van der Waals surface area contributed by atoms with Crippen LogP contribution in [0.3, 0.4) is 0 Å². The number of carboxylic acids is 1. The molecule has 0 amide bonds. The lowest BCUT2D eigenvalue weighted by molar-refractivity contribution is -0.137. The van der Waals surface area contributed by atoms with Gasteiger partial charge in [-0.3, -0.25) is 4.79 Å². The Morgan fingerprint density at radius 1 is 1.77 bits per heavy atom. The van der Waals surface area contributed by atoms with E-state index in [4.69, 9.17) is 9.63 Å². The normalized spacial score (nSPS) is 12.8. The summed E-state index contributed by atoms with van der Waals surface area (Å²) in [7, 11) is 0. The van der Waals surface area contributed by atoms with Crippen LogP contribution in [0, 0.1) is 6.92 Å². The molecule has 0 aliphatic rings. The molecule has 72 valence electrons. The van der Waals surface area contributed by atoms with E-state index >= 15 is 0 Å². The third-order valence-electron chi connectivity index (χ3n) is 1.78. The number of carbonyl (C=O) groups is 1. The molecule has 0 fully saturated rings. The first-order valence-corrected chi connectivity index (χ1v) is 3.92. The minimum absolute atomic E-state index is 0.0637. The van der Waals surface area contributed by atoms with E-state index in [1.54, 1.807) is 6.92 Å². The Balaban J connectivity index is 2.53. The summed E-state index contributed by atoms with van der Waals surface area (Å²) >= 11 is 0. The highest BCUT2D eigenvalue weighted by Crippen LogP contribution is 2.20. The Bertz CT molecular complexity index is 294. The lowest BCUT2D eigenvalue weighted by Gasteiger charge is -2.05. The van der Waals surface area contributed by atoms with Crippen LogP contribution in [-0.2, 0) is 4.79 Å². The van der Waals surface area contributed by atoms with Crippen molar-refractivity contribution in [2.24, 2.45) is 0 Å². The average molecular weight is 185 g/mol. The average Bonchev–Trinajstić information content (AvgIpc) is 2.47. The maximum Gasteiger partial charge on any atom is 0.303 e. The summed E-state index contributed by atoms with van der Waals surface area (Å²) in [5.41, 5.74) is 0.557. The number of aliphatic hydroxyl groups excluding tert-OH is 1. The molecule has 1 unspecified atom stereocenters. The molecule has 2 N–H and O–H groups in total. The molecule has 1 aromatic heterocycles. The van der Waals surface area contributed by atoms with Gasteiger partial charge >= 0.3 is 5.97 Å². The number of carboxylic acid groups (broad SMARTS) is 1. The molecule has 0 aliphatic carbocycles. The summed E-state index contributed by atoms with van der Waals surface area (Å²) in [6.07, 6.45) is 0.715. The SMILES string of the molecule is Cc1oncc1C(O)CCC(=O)O. The standard InChI is InChI=1S/C8H11NO4/c1-5-6(4-9-13-5)7(10)2-3-8(11)12/h4,7,10H,2-3H2,1H3,(H,11,12). The number of aromatic nitrogens is 1. The lowest BCUT2D eigenvalue weighted by Crippen LogP contribution is -2.02. The lowest BCUT2D eigenvalue weighted by atomic mass is 10.1. The zero-order valence-corrected chi connectivity index (χ0v) is 7.23. The molecule has 1 aromatic rings. The van der Waals surface area contributed by atoms with Crippen molar-refractivity contribution < 1.29 is 19.5 Å². The van der Waals surface area contributed by atoms with Gasteiger partial charge in [-0.15, -0.1) is 0 Å². The van der Waals surface area contributed by atoms with Gasteiger partial charge in [0.2, 0.25) is 0 Å². The first kappa shape index (κ1) is 9.73. The van der Waals surface area contributed by atoms with E-state index in [0.29, 0.717) is 11.3 Å². The van der Waals surface area contributed by atoms with Crippen molar-refractivity contribution in [1.82, 2.24) is 5.16 Å².